The van der Waals surface area contributed by atoms with E-state index in [-0.39, 0.29) is 5.88 Å². The van der Waals surface area contributed by atoms with Gasteiger partial charge >= 0.3 is 6.72 Å². The van der Waals surface area contributed by atoms with E-state index in [0.29, 0.717) is 0 Å². The van der Waals surface area contributed by atoms with Crippen LogP contribution in [0.4, 0.5) is 0 Å². The molecule has 0 saturated heterocycles. The van der Waals surface area contributed by atoms with Gasteiger partial charge in [-0.25, -0.2) is 0 Å². The Labute approximate surface area is 65.7 Å². The van der Waals surface area contributed by atoms with Gasteiger partial charge in [0, 0.05) is 11.8 Å². The van der Waals surface area contributed by atoms with Gasteiger partial charge in [-0.05, 0) is 11.5 Å². The molecule has 0 bridgehead atoms. The van der Waals surface area contributed by atoms with Crippen LogP contribution in [0.5, 0.6) is 5.88 Å². The van der Waals surface area contributed by atoms with Crippen molar-refractivity contribution in [2.24, 2.45) is 0 Å². The van der Waals surface area contributed by atoms with Crippen LogP contribution in [0.1, 0.15) is 0 Å². The first-order chi connectivity index (χ1) is 4.58. The highest BCUT2D eigenvalue weighted by molar-refractivity contribution is 8.06. The number of aromatic nitrogens is 2. The zero-order chi connectivity index (χ0) is 7.61. The molecule has 2 N–H and O–H groups in total. The summed E-state index contributed by atoms with van der Waals surface area (Å²) in [5.74, 6) is 0.0540. The molecule has 8 heteroatoms. The summed E-state index contributed by atoms with van der Waals surface area (Å²) >= 11 is 5.21. The van der Waals surface area contributed by atoms with Gasteiger partial charge in [0.05, 0.1) is 5.38 Å². The maximum absolute atomic E-state index is 8.59. The van der Waals surface area contributed by atoms with Gasteiger partial charge < -0.3 is 14.3 Å². The predicted octanol–water partition coefficient (Wildman–Crippen LogP) is 0.126. The summed E-state index contributed by atoms with van der Waals surface area (Å²) in [4.78, 5) is 17.2. The Hall–Kier alpha value is -0.0700. The average molecular weight is 198 g/mol. The molecule has 1 aromatic heterocycles. The van der Waals surface area contributed by atoms with Crippen LogP contribution < -0.4 is 4.52 Å². The molecule has 0 radical (unpaired) electrons. The van der Waals surface area contributed by atoms with Crippen molar-refractivity contribution in [2.45, 2.75) is 0 Å². The maximum Gasteiger partial charge on any atom is 0.376 e. The monoisotopic (exact) mass is 198 g/mol. The van der Waals surface area contributed by atoms with E-state index in [2.05, 4.69) is 25.9 Å². The molecule has 0 aromatic carbocycles. The molecule has 5 nitrogen and oxygen atoms in total. The average Bonchev–Trinajstić information content (AvgIpc) is 2.12. The van der Waals surface area contributed by atoms with Gasteiger partial charge in [-0.15, -0.1) is 0 Å². The molecular formula is C2H3N2O3PS2. The minimum atomic E-state index is -3.62. The highest BCUT2D eigenvalue weighted by atomic mass is 32.5. The largest absolute Gasteiger partial charge is 0.403 e. The van der Waals surface area contributed by atoms with Crippen molar-refractivity contribution < 1.29 is 14.3 Å². The van der Waals surface area contributed by atoms with Crippen molar-refractivity contribution in [2.75, 3.05) is 0 Å². The predicted molar refractivity (Wildman–Crippen MR) is 39.3 cm³/mol. The van der Waals surface area contributed by atoms with Crippen molar-refractivity contribution in [1.82, 2.24) is 9.59 Å². The van der Waals surface area contributed by atoms with Crippen LogP contribution in [-0.2, 0) is 11.8 Å². The number of nitrogens with zero attached hydrogens (tertiary/aromatic N) is 2. The van der Waals surface area contributed by atoms with E-state index in [1.807, 2.05) is 0 Å². The lowest BCUT2D eigenvalue weighted by Gasteiger charge is -2.04. The third-order valence-electron chi connectivity index (χ3n) is 0.552. The van der Waals surface area contributed by atoms with E-state index in [4.69, 9.17) is 9.79 Å². The Kier molecular flexibility index (Phi) is 2.32. The lowest BCUT2D eigenvalue weighted by atomic mass is 10.9. The molecule has 0 fully saturated rings. The molecule has 1 aromatic rings. The van der Waals surface area contributed by atoms with Crippen LogP contribution in [0.3, 0.4) is 0 Å². The van der Waals surface area contributed by atoms with Gasteiger partial charge in [0.1, 0.15) is 0 Å². The van der Waals surface area contributed by atoms with Crippen LogP contribution in [0.2, 0.25) is 0 Å². The van der Waals surface area contributed by atoms with E-state index < -0.39 is 6.72 Å². The van der Waals surface area contributed by atoms with Crippen molar-refractivity contribution in [3.8, 4) is 5.88 Å². The number of rotatable bonds is 2. The highest BCUT2D eigenvalue weighted by Crippen LogP contribution is 2.36. The third-order valence-corrected chi connectivity index (χ3v) is 1.68. The normalized spacial score (nSPS) is 11.4. The molecule has 0 spiro atoms. The van der Waals surface area contributed by atoms with Gasteiger partial charge in [0.15, 0.2) is 0 Å². The molecule has 0 amide bonds. The Morgan fingerprint density at radius 3 is 2.80 bits per heavy atom. The molecule has 0 aliphatic heterocycles. The second kappa shape index (κ2) is 2.89. The number of hydrogen-bond acceptors (Lipinski definition) is 5. The molecule has 0 atom stereocenters. The molecule has 0 unspecified atom stereocenters. The van der Waals surface area contributed by atoms with Crippen molar-refractivity contribution in [3.63, 3.8) is 0 Å². The molecule has 10 heavy (non-hydrogen) atoms. The molecule has 0 saturated carbocycles. The first-order valence-corrected chi connectivity index (χ1v) is 5.56. The fourth-order valence-electron chi connectivity index (χ4n) is 0.318. The SMILES string of the molecule is OP(O)(=S)Oc1csnn1. The molecule has 0 aliphatic carbocycles. The zero-order valence-electron chi connectivity index (χ0n) is 4.54. The second-order valence-corrected chi connectivity index (χ2v) is 4.53. The molecule has 1 rings (SSSR count). The lowest BCUT2D eigenvalue weighted by Crippen LogP contribution is -1.89. The van der Waals surface area contributed by atoms with E-state index in [1.165, 1.54) is 5.38 Å². The summed E-state index contributed by atoms with van der Waals surface area (Å²) in [5.41, 5.74) is 0. The van der Waals surface area contributed by atoms with Gasteiger partial charge in [-0.3, -0.25) is 0 Å². The quantitative estimate of drug-likeness (QED) is 0.657. The molecular weight excluding hydrogens is 195 g/mol. The van der Waals surface area contributed by atoms with Gasteiger partial charge in [0.25, 0.3) is 5.88 Å². The van der Waals surface area contributed by atoms with E-state index in [1.54, 1.807) is 0 Å². The molecule has 0 aliphatic rings. The van der Waals surface area contributed by atoms with Crippen molar-refractivity contribution in [3.05, 3.63) is 5.38 Å². The summed E-state index contributed by atoms with van der Waals surface area (Å²) in [6.45, 7) is -3.62. The fraction of sp³-hybridized carbons (Fsp3) is 0. The van der Waals surface area contributed by atoms with Gasteiger partial charge in [0.2, 0.25) is 0 Å². The Balaban J connectivity index is 2.66. The summed E-state index contributed by atoms with van der Waals surface area (Å²) in [6.07, 6.45) is 0. The molecule has 56 valence electrons. The van der Waals surface area contributed by atoms with Crippen LogP contribution in [0, 0.1) is 0 Å². The van der Waals surface area contributed by atoms with E-state index in [9.17, 15) is 0 Å². The molecule has 1 heterocycles. The summed E-state index contributed by atoms with van der Waals surface area (Å²) < 4.78 is 7.84. The standard InChI is InChI=1S/C2H3N2O3PS2/c5-8(6,9)7-2-1-10-4-3-2/h1H,(H2,5,6,9). The Morgan fingerprint density at radius 1 is 1.70 bits per heavy atom. The maximum atomic E-state index is 8.59. The summed E-state index contributed by atoms with van der Waals surface area (Å²) in [6, 6.07) is 0. The lowest BCUT2D eigenvalue weighted by molar-refractivity contribution is 0.364. The Morgan fingerprint density at radius 2 is 2.40 bits per heavy atom. The van der Waals surface area contributed by atoms with E-state index in [0.717, 1.165) is 11.5 Å². The van der Waals surface area contributed by atoms with Crippen LogP contribution in [0.25, 0.3) is 0 Å². The summed E-state index contributed by atoms with van der Waals surface area (Å²) in [7, 11) is 0. The van der Waals surface area contributed by atoms with Crippen molar-refractivity contribution >= 4 is 30.1 Å². The van der Waals surface area contributed by atoms with Gasteiger partial charge in [-0.1, -0.05) is 9.59 Å². The third kappa shape index (κ3) is 2.68. The van der Waals surface area contributed by atoms with Crippen molar-refractivity contribution in [1.29, 1.82) is 0 Å². The van der Waals surface area contributed by atoms with E-state index >= 15 is 0 Å². The first-order valence-electron chi connectivity index (χ1n) is 2.10. The summed E-state index contributed by atoms with van der Waals surface area (Å²) in [5, 5.41) is 4.81. The zero-order valence-corrected chi connectivity index (χ0v) is 7.07. The first kappa shape index (κ1) is 8.03. The number of hydrogen-bond donors (Lipinski definition) is 2. The minimum absolute atomic E-state index is 0.0540. The van der Waals surface area contributed by atoms with Crippen LogP contribution in [0.15, 0.2) is 5.38 Å². The second-order valence-electron chi connectivity index (χ2n) is 1.33. The fourth-order valence-corrected chi connectivity index (χ4v) is 1.31. The minimum Gasteiger partial charge on any atom is -0.403 e. The van der Waals surface area contributed by atoms with Crippen LogP contribution >= 0.6 is 18.3 Å². The van der Waals surface area contributed by atoms with Crippen LogP contribution in [-0.4, -0.2) is 19.4 Å². The Bertz CT molecular complexity index is 243. The van der Waals surface area contributed by atoms with Gasteiger partial charge in [-0.2, -0.15) is 0 Å². The smallest absolute Gasteiger partial charge is 0.376 e. The highest BCUT2D eigenvalue weighted by Gasteiger charge is 2.10. The topological polar surface area (TPSA) is 75.5 Å².